The van der Waals surface area contributed by atoms with Crippen molar-refractivity contribution in [2.24, 2.45) is 4.99 Å². The molecule has 0 aromatic rings. The van der Waals surface area contributed by atoms with Crippen LogP contribution >= 0.6 is 22.6 Å². The predicted molar refractivity (Wildman–Crippen MR) is 100 cm³/mol. The Balaban J connectivity index is 2.21. The number of aliphatic imine (C=N–C) groups is 1. The van der Waals surface area contributed by atoms with E-state index in [-0.39, 0.29) is 0 Å². The Morgan fingerprint density at radius 1 is 1.33 bits per heavy atom. The molecule has 0 bridgehead atoms. The van der Waals surface area contributed by atoms with Gasteiger partial charge in [0.2, 0.25) is 0 Å². The van der Waals surface area contributed by atoms with Crippen LogP contribution in [0.2, 0.25) is 0 Å². The minimum absolute atomic E-state index is 0.473. The van der Waals surface area contributed by atoms with Gasteiger partial charge >= 0.3 is 0 Å². The van der Waals surface area contributed by atoms with E-state index in [1.54, 1.807) is 0 Å². The van der Waals surface area contributed by atoms with Crippen molar-refractivity contribution < 1.29 is 4.74 Å². The smallest absolute Gasteiger partial charge is 0.287 e. The Labute approximate surface area is 145 Å². The Bertz CT molecular complexity index is 329. The van der Waals surface area contributed by atoms with Crippen LogP contribution in [0.5, 0.6) is 0 Å². The number of hydrogen-bond donors (Lipinski definition) is 0. The topological polar surface area (TPSA) is 24.8 Å². The maximum absolute atomic E-state index is 5.70. The summed E-state index contributed by atoms with van der Waals surface area (Å²) >= 11 is 2.61. The van der Waals surface area contributed by atoms with E-state index < -0.39 is 0 Å². The van der Waals surface area contributed by atoms with E-state index in [1.165, 1.54) is 44.9 Å². The molecule has 1 heterocycles. The first-order chi connectivity index (χ1) is 9.91. The third-order valence-electron chi connectivity index (χ3n) is 4.49. The highest BCUT2D eigenvalue weighted by Gasteiger charge is 2.32. The van der Waals surface area contributed by atoms with Crippen molar-refractivity contribution in [3.8, 4) is 0 Å². The van der Waals surface area contributed by atoms with E-state index in [9.17, 15) is 0 Å². The molecule has 0 radical (unpaired) electrons. The fraction of sp³-hybridized carbons (Fsp3) is 0.941. The van der Waals surface area contributed by atoms with Gasteiger partial charge in [-0.1, -0.05) is 62.1 Å². The van der Waals surface area contributed by atoms with Gasteiger partial charge in [0.25, 0.3) is 6.02 Å². The van der Waals surface area contributed by atoms with E-state index in [4.69, 9.17) is 4.74 Å². The van der Waals surface area contributed by atoms with Crippen LogP contribution in [0, 0.1) is 0 Å². The zero-order valence-corrected chi connectivity index (χ0v) is 16.6. The van der Waals surface area contributed by atoms with Gasteiger partial charge in [-0.3, -0.25) is 0 Å². The third-order valence-corrected chi connectivity index (χ3v) is 5.79. The Hall–Kier alpha value is 0. The molecule has 1 aliphatic rings. The van der Waals surface area contributed by atoms with Crippen molar-refractivity contribution in [1.29, 1.82) is 0 Å². The first-order valence-electron chi connectivity index (χ1n) is 8.48. The van der Waals surface area contributed by atoms with Crippen LogP contribution in [0.15, 0.2) is 4.99 Å². The summed E-state index contributed by atoms with van der Waals surface area (Å²) in [4.78, 5) is 6.60. The highest BCUT2D eigenvalue weighted by Crippen LogP contribution is 2.29. The normalized spacial score (nSPS) is 23.7. The molecule has 0 spiro atoms. The lowest BCUT2D eigenvalue weighted by atomic mass is 9.99. The molecular weight excluding hydrogens is 375 g/mol. The van der Waals surface area contributed by atoms with Gasteiger partial charge in [-0.25, -0.2) is 4.99 Å². The molecule has 4 heteroatoms. The Kier molecular flexibility index (Phi) is 8.35. The van der Waals surface area contributed by atoms with E-state index >= 15 is 0 Å². The molecule has 0 aliphatic carbocycles. The van der Waals surface area contributed by atoms with Gasteiger partial charge in [0, 0.05) is 16.5 Å². The first-order valence-corrected chi connectivity index (χ1v) is 9.56. The van der Waals surface area contributed by atoms with Crippen LogP contribution in [0.25, 0.3) is 0 Å². The summed E-state index contributed by atoms with van der Waals surface area (Å²) in [6.07, 6.45) is 9.23. The second-order valence-electron chi connectivity index (χ2n) is 6.69. The van der Waals surface area contributed by atoms with Crippen molar-refractivity contribution >= 4 is 28.6 Å². The largest absolute Gasteiger partial charge is 0.463 e. The molecule has 1 saturated heterocycles. The number of hydrogen-bond acceptors (Lipinski definition) is 2. The van der Waals surface area contributed by atoms with Gasteiger partial charge in [-0.05, 0) is 33.1 Å². The summed E-state index contributed by atoms with van der Waals surface area (Å²) < 4.78 is 6.20. The molecule has 124 valence electrons. The molecule has 2 atom stereocenters. The van der Waals surface area contributed by atoms with E-state index in [1.807, 2.05) is 7.05 Å². The molecule has 1 rings (SSSR count). The van der Waals surface area contributed by atoms with Crippen LogP contribution in [0.4, 0.5) is 0 Å². The molecule has 1 fully saturated rings. The van der Waals surface area contributed by atoms with E-state index in [2.05, 4.69) is 60.2 Å². The fourth-order valence-corrected chi connectivity index (χ4v) is 3.31. The number of rotatable bonds is 9. The number of amidine groups is 1. The molecule has 0 N–H and O–H groups in total. The average Bonchev–Trinajstić information content (AvgIpc) is 2.85. The van der Waals surface area contributed by atoms with Crippen LogP contribution in [0.3, 0.4) is 0 Å². The summed E-state index contributed by atoms with van der Waals surface area (Å²) in [5.41, 5.74) is 0. The SMILES string of the molecule is CCC(C)(I)CCCCCCC1COC(=NC)N1C(C)C. The second-order valence-corrected chi connectivity index (χ2v) is 9.30. The van der Waals surface area contributed by atoms with Crippen molar-refractivity contribution in [3.63, 3.8) is 0 Å². The number of nitrogens with zero attached hydrogens (tertiary/aromatic N) is 2. The van der Waals surface area contributed by atoms with Crippen molar-refractivity contribution in [1.82, 2.24) is 4.90 Å². The van der Waals surface area contributed by atoms with Gasteiger partial charge in [-0.15, -0.1) is 0 Å². The summed E-state index contributed by atoms with van der Waals surface area (Å²) in [7, 11) is 1.82. The standard InChI is InChI=1S/C17H33IN2O/c1-6-17(4,18)12-10-8-7-9-11-15-13-21-16(19-5)20(15)14(2)3/h14-15H,6-13H2,1-5H3. The molecule has 0 aromatic carbocycles. The van der Waals surface area contributed by atoms with Gasteiger partial charge < -0.3 is 9.64 Å². The quantitative estimate of drug-likeness (QED) is 0.304. The maximum atomic E-state index is 5.70. The van der Waals surface area contributed by atoms with Crippen molar-refractivity contribution in [2.45, 2.75) is 88.1 Å². The number of unbranched alkanes of at least 4 members (excludes halogenated alkanes) is 3. The molecule has 0 aromatic heterocycles. The molecule has 2 unspecified atom stereocenters. The lowest BCUT2D eigenvalue weighted by Crippen LogP contribution is -2.39. The second kappa shape index (κ2) is 9.21. The minimum Gasteiger partial charge on any atom is -0.463 e. The third kappa shape index (κ3) is 6.33. The van der Waals surface area contributed by atoms with E-state index in [0.29, 0.717) is 15.5 Å². The monoisotopic (exact) mass is 408 g/mol. The summed E-state index contributed by atoms with van der Waals surface area (Å²) in [5, 5.41) is 0. The lowest BCUT2D eigenvalue weighted by Gasteiger charge is -2.27. The van der Waals surface area contributed by atoms with Crippen molar-refractivity contribution in [3.05, 3.63) is 0 Å². The Morgan fingerprint density at radius 2 is 2.00 bits per heavy atom. The highest BCUT2D eigenvalue weighted by molar-refractivity contribution is 14.1. The lowest BCUT2D eigenvalue weighted by molar-refractivity contribution is 0.263. The zero-order chi connectivity index (χ0) is 15.9. The van der Waals surface area contributed by atoms with Crippen LogP contribution in [0.1, 0.15) is 72.6 Å². The fourth-order valence-electron chi connectivity index (χ4n) is 2.93. The number of halogens is 1. The maximum Gasteiger partial charge on any atom is 0.287 e. The molecular formula is C17H33IN2O. The van der Waals surface area contributed by atoms with Gasteiger partial charge in [0.15, 0.2) is 0 Å². The van der Waals surface area contributed by atoms with E-state index in [0.717, 1.165) is 12.6 Å². The van der Waals surface area contributed by atoms with Gasteiger partial charge in [-0.2, -0.15) is 0 Å². The molecule has 0 amide bonds. The van der Waals surface area contributed by atoms with Crippen LogP contribution < -0.4 is 0 Å². The first kappa shape index (κ1) is 19.0. The van der Waals surface area contributed by atoms with Crippen LogP contribution in [-0.4, -0.2) is 40.1 Å². The van der Waals surface area contributed by atoms with Gasteiger partial charge in [0.05, 0.1) is 6.04 Å². The van der Waals surface area contributed by atoms with Crippen molar-refractivity contribution in [2.75, 3.05) is 13.7 Å². The summed E-state index contributed by atoms with van der Waals surface area (Å²) in [6, 6.07) is 1.83. The predicted octanol–water partition coefficient (Wildman–Crippen LogP) is 5.03. The zero-order valence-electron chi connectivity index (χ0n) is 14.5. The minimum atomic E-state index is 0.473. The summed E-state index contributed by atoms with van der Waals surface area (Å²) in [5.74, 6) is 0. The number of alkyl halides is 1. The molecule has 3 nitrogen and oxygen atoms in total. The summed E-state index contributed by atoms with van der Waals surface area (Å²) in [6.45, 7) is 9.92. The molecule has 0 saturated carbocycles. The molecule has 1 aliphatic heterocycles. The van der Waals surface area contributed by atoms with Crippen LogP contribution in [-0.2, 0) is 4.74 Å². The highest BCUT2D eigenvalue weighted by atomic mass is 127. The molecule has 21 heavy (non-hydrogen) atoms. The average molecular weight is 408 g/mol. The van der Waals surface area contributed by atoms with Gasteiger partial charge in [0.1, 0.15) is 6.61 Å². The number of ether oxygens (including phenoxy) is 1. The Morgan fingerprint density at radius 3 is 2.57 bits per heavy atom.